The highest BCUT2D eigenvalue weighted by Crippen LogP contribution is 2.23. The van der Waals surface area contributed by atoms with Crippen LogP contribution in [0.3, 0.4) is 0 Å². The monoisotopic (exact) mass is 281 g/mol. The lowest BCUT2D eigenvalue weighted by Crippen LogP contribution is -2.31. The van der Waals surface area contributed by atoms with E-state index in [0.29, 0.717) is 11.8 Å². The molecule has 0 aliphatic heterocycles. The molecule has 2 atom stereocenters. The van der Waals surface area contributed by atoms with Gasteiger partial charge in [0.25, 0.3) is 0 Å². The molecule has 1 N–H and O–H groups in total. The largest absolute Gasteiger partial charge is 0.494 e. The molecule has 0 aliphatic rings. The summed E-state index contributed by atoms with van der Waals surface area (Å²) in [6, 6.07) is 5.87. The molecule has 1 aromatic rings. The maximum atomic E-state index is 13.7. The zero-order chi connectivity index (χ0) is 15.0. The maximum Gasteiger partial charge on any atom is 0.165 e. The Balaban J connectivity index is 2.67. The third kappa shape index (κ3) is 5.12. The van der Waals surface area contributed by atoms with Crippen molar-refractivity contribution in [3.63, 3.8) is 0 Å². The second-order valence-electron chi connectivity index (χ2n) is 5.41. The molecule has 0 fully saturated rings. The minimum atomic E-state index is -0.292. The first-order valence-electron chi connectivity index (χ1n) is 7.71. The molecule has 1 rings (SSSR count). The number of hydrogen-bond acceptors (Lipinski definition) is 2. The molecule has 0 heterocycles. The van der Waals surface area contributed by atoms with Crippen LogP contribution in [0.4, 0.5) is 4.39 Å². The van der Waals surface area contributed by atoms with Gasteiger partial charge in [-0.15, -0.1) is 0 Å². The normalized spacial score (nSPS) is 14.1. The predicted molar refractivity (Wildman–Crippen MR) is 82.7 cm³/mol. The van der Waals surface area contributed by atoms with Crippen molar-refractivity contribution in [2.45, 2.75) is 65.0 Å². The molecule has 2 unspecified atom stereocenters. The van der Waals surface area contributed by atoms with Gasteiger partial charge in [-0.25, -0.2) is 4.39 Å². The number of unbranched alkanes of at least 4 members (excludes halogenated alkanes) is 1. The van der Waals surface area contributed by atoms with Gasteiger partial charge in [0, 0.05) is 12.1 Å². The minimum absolute atomic E-state index is 0.156. The standard InChI is InChI=1S/C17H28FNO/c1-5-7-9-15(8-6-2)19-13(3)14-10-11-17(20-4)16(18)12-14/h10-13,15,19H,5-9H2,1-4H3. The Morgan fingerprint density at radius 2 is 1.95 bits per heavy atom. The molecule has 0 spiro atoms. The summed E-state index contributed by atoms with van der Waals surface area (Å²) < 4.78 is 18.7. The van der Waals surface area contributed by atoms with E-state index in [1.165, 1.54) is 39.2 Å². The molecule has 114 valence electrons. The van der Waals surface area contributed by atoms with Crippen LogP contribution < -0.4 is 10.1 Å². The number of benzene rings is 1. The van der Waals surface area contributed by atoms with Crippen molar-refractivity contribution in [1.82, 2.24) is 5.32 Å². The second kappa shape index (κ2) is 8.96. The summed E-state index contributed by atoms with van der Waals surface area (Å²) in [6.45, 7) is 6.51. The van der Waals surface area contributed by atoms with Crippen molar-refractivity contribution in [3.8, 4) is 5.75 Å². The van der Waals surface area contributed by atoms with Crippen LogP contribution in [0.5, 0.6) is 5.75 Å². The quantitative estimate of drug-likeness (QED) is 0.699. The summed E-state index contributed by atoms with van der Waals surface area (Å²) in [4.78, 5) is 0. The van der Waals surface area contributed by atoms with Crippen LogP contribution in [-0.4, -0.2) is 13.2 Å². The Kier molecular flexibility index (Phi) is 7.60. The molecule has 0 aliphatic carbocycles. The van der Waals surface area contributed by atoms with E-state index in [0.717, 1.165) is 5.56 Å². The van der Waals surface area contributed by atoms with Crippen molar-refractivity contribution in [3.05, 3.63) is 29.6 Å². The molecule has 2 nitrogen and oxygen atoms in total. The summed E-state index contributed by atoms with van der Waals surface area (Å²) in [5.41, 5.74) is 0.973. The van der Waals surface area contributed by atoms with Gasteiger partial charge in [-0.3, -0.25) is 0 Å². The number of nitrogens with one attached hydrogen (secondary N) is 1. The first kappa shape index (κ1) is 17.0. The summed E-state index contributed by atoms with van der Waals surface area (Å²) in [6.07, 6.45) is 5.98. The van der Waals surface area contributed by atoms with Gasteiger partial charge in [-0.05, 0) is 37.5 Å². The molecule has 20 heavy (non-hydrogen) atoms. The van der Waals surface area contributed by atoms with Crippen LogP contribution in [0.15, 0.2) is 18.2 Å². The third-order valence-electron chi connectivity index (χ3n) is 3.70. The number of methoxy groups -OCH3 is 1. The fourth-order valence-electron chi connectivity index (χ4n) is 2.51. The highest BCUT2D eigenvalue weighted by atomic mass is 19.1. The predicted octanol–water partition coefficient (Wildman–Crippen LogP) is 4.84. The van der Waals surface area contributed by atoms with E-state index >= 15 is 0 Å². The lowest BCUT2D eigenvalue weighted by Gasteiger charge is -2.23. The molecule has 0 aromatic heterocycles. The molecule has 0 radical (unpaired) electrons. The Hall–Kier alpha value is -1.09. The van der Waals surface area contributed by atoms with E-state index in [1.54, 1.807) is 12.1 Å². The minimum Gasteiger partial charge on any atom is -0.494 e. The lowest BCUT2D eigenvalue weighted by molar-refractivity contribution is 0.381. The number of rotatable bonds is 9. The van der Waals surface area contributed by atoms with E-state index in [2.05, 4.69) is 26.1 Å². The fourth-order valence-corrected chi connectivity index (χ4v) is 2.51. The van der Waals surface area contributed by atoms with E-state index < -0.39 is 0 Å². The van der Waals surface area contributed by atoms with Crippen LogP contribution in [0.1, 0.15) is 64.5 Å². The Morgan fingerprint density at radius 1 is 1.20 bits per heavy atom. The van der Waals surface area contributed by atoms with Crippen LogP contribution in [0.25, 0.3) is 0 Å². The zero-order valence-corrected chi connectivity index (χ0v) is 13.2. The van der Waals surface area contributed by atoms with Crippen LogP contribution in [0.2, 0.25) is 0 Å². The molecule has 0 saturated heterocycles. The molecule has 0 bridgehead atoms. The van der Waals surface area contributed by atoms with Gasteiger partial charge in [-0.1, -0.05) is 39.2 Å². The average molecular weight is 281 g/mol. The molecule has 3 heteroatoms. The number of halogens is 1. The zero-order valence-electron chi connectivity index (χ0n) is 13.2. The highest BCUT2D eigenvalue weighted by Gasteiger charge is 2.14. The number of ether oxygens (including phenoxy) is 1. The van der Waals surface area contributed by atoms with Gasteiger partial charge >= 0.3 is 0 Å². The lowest BCUT2D eigenvalue weighted by atomic mass is 10.0. The molecular weight excluding hydrogens is 253 g/mol. The summed E-state index contributed by atoms with van der Waals surface area (Å²) in [5.74, 6) is 0.0105. The van der Waals surface area contributed by atoms with Gasteiger partial charge < -0.3 is 10.1 Å². The Bertz CT molecular complexity index is 395. The van der Waals surface area contributed by atoms with Gasteiger partial charge in [0.15, 0.2) is 11.6 Å². The van der Waals surface area contributed by atoms with Gasteiger partial charge in [0.1, 0.15) is 0 Å². The third-order valence-corrected chi connectivity index (χ3v) is 3.70. The average Bonchev–Trinajstić information content (AvgIpc) is 2.44. The van der Waals surface area contributed by atoms with Crippen LogP contribution >= 0.6 is 0 Å². The SMILES string of the molecule is CCCCC(CCC)NC(C)c1ccc(OC)c(F)c1. The van der Waals surface area contributed by atoms with Gasteiger partial charge in [-0.2, -0.15) is 0 Å². The molecule has 1 aromatic carbocycles. The first-order chi connectivity index (χ1) is 9.62. The van der Waals surface area contributed by atoms with E-state index in [4.69, 9.17) is 4.74 Å². The molecule has 0 saturated carbocycles. The summed E-state index contributed by atoms with van der Waals surface area (Å²) >= 11 is 0. The maximum absolute atomic E-state index is 13.7. The Labute approximate surface area is 122 Å². The van der Waals surface area contributed by atoms with Gasteiger partial charge in [0.05, 0.1) is 7.11 Å². The van der Waals surface area contributed by atoms with Gasteiger partial charge in [0.2, 0.25) is 0 Å². The second-order valence-corrected chi connectivity index (χ2v) is 5.41. The van der Waals surface area contributed by atoms with E-state index in [1.807, 2.05) is 6.07 Å². The van der Waals surface area contributed by atoms with Crippen LogP contribution in [0, 0.1) is 5.82 Å². The highest BCUT2D eigenvalue weighted by molar-refractivity contribution is 5.30. The van der Waals surface area contributed by atoms with Crippen molar-refractivity contribution in [1.29, 1.82) is 0 Å². The summed E-state index contributed by atoms with van der Waals surface area (Å²) in [7, 11) is 1.49. The van der Waals surface area contributed by atoms with Crippen LogP contribution in [-0.2, 0) is 0 Å². The van der Waals surface area contributed by atoms with Crippen molar-refractivity contribution < 1.29 is 9.13 Å². The van der Waals surface area contributed by atoms with Crippen molar-refractivity contribution in [2.75, 3.05) is 7.11 Å². The molecular formula is C17H28FNO. The smallest absolute Gasteiger partial charge is 0.165 e. The van der Waals surface area contributed by atoms with E-state index in [-0.39, 0.29) is 11.9 Å². The Morgan fingerprint density at radius 3 is 2.50 bits per heavy atom. The fraction of sp³-hybridized carbons (Fsp3) is 0.647. The van der Waals surface area contributed by atoms with Crippen molar-refractivity contribution >= 4 is 0 Å². The van der Waals surface area contributed by atoms with Crippen molar-refractivity contribution in [2.24, 2.45) is 0 Å². The number of hydrogen-bond donors (Lipinski definition) is 1. The molecule has 0 amide bonds. The first-order valence-corrected chi connectivity index (χ1v) is 7.71. The topological polar surface area (TPSA) is 21.3 Å². The summed E-state index contributed by atoms with van der Waals surface area (Å²) in [5, 5.41) is 3.63. The van der Waals surface area contributed by atoms with E-state index in [9.17, 15) is 4.39 Å².